The molecule has 6 atom stereocenters. The van der Waals surface area contributed by atoms with Crippen LogP contribution in [0.2, 0.25) is 0 Å². The highest BCUT2D eigenvalue weighted by Gasteiger charge is 2.36. The summed E-state index contributed by atoms with van der Waals surface area (Å²) in [5.41, 5.74) is 0.0909. The van der Waals surface area contributed by atoms with Gasteiger partial charge in [-0.05, 0) is 56.8 Å². The van der Waals surface area contributed by atoms with E-state index in [0.717, 1.165) is 61.6 Å². The Labute approximate surface area is 229 Å². The molecule has 1 aromatic heterocycles. The van der Waals surface area contributed by atoms with E-state index in [1.54, 1.807) is 17.1 Å². The van der Waals surface area contributed by atoms with Crippen LogP contribution in [0.4, 0.5) is 0 Å². The van der Waals surface area contributed by atoms with Gasteiger partial charge in [0.15, 0.2) is 16.3 Å². The Kier molecular flexibility index (Phi) is 12.9. The molecule has 0 amide bonds. The van der Waals surface area contributed by atoms with Gasteiger partial charge in [-0.15, -0.1) is 11.3 Å². The summed E-state index contributed by atoms with van der Waals surface area (Å²) in [5, 5.41) is 10.7. The SMILES string of the molecule is CCCC[C@H](C)C[C@@H](C=C[C@H]1CC[C@H](OC(C)=O)[C@@H]1CCSc1nc(C(=O)O)cs1)OC1CCCCO1. The Bertz CT molecular complexity index is 869. The van der Waals surface area contributed by atoms with Crippen LogP contribution < -0.4 is 0 Å². The minimum Gasteiger partial charge on any atom is -0.476 e. The van der Waals surface area contributed by atoms with Gasteiger partial charge in [-0.1, -0.05) is 57.0 Å². The van der Waals surface area contributed by atoms with Gasteiger partial charge in [-0.3, -0.25) is 4.79 Å². The second kappa shape index (κ2) is 15.9. The number of nitrogens with zero attached hydrogens (tertiary/aromatic N) is 1. The molecular weight excluding hydrogens is 510 g/mol. The van der Waals surface area contributed by atoms with Gasteiger partial charge in [0.2, 0.25) is 0 Å². The third kappa shape index (κ3) is 10.3. The van der Waals surface area contributed by atoms with E-state index in [2.05, 4.69) is 31.0 Å². The van der Waals surface area contributed by atoms with Gasteiger partial charge in [-0.25, -0.2) is 9.78 Å². The number of thioether (sulfide) groups is 1. The van der Waals surface area contributed by atoms with Crippen molar-refractivity contribution in [3.8, 4) is 0 Å². The molecule has 9 heteroatoms. The van der Waals surface area contributed by atoms with Gasteiger partial charge in [0, 0.05) is 30.6 Å². The number of aromatic carboxylic acids is 1. The van der Waals surface area contributed by atoms with E-state index in [1.807, 2.05) is 0 Å². The highest BCUT2D eigenvalue weighted by Crippen LogP contribution is 2.39. The molecule has 208 valence electrons. The van der Waals surface area contributed by atoms with Crippen LogP contribution in [0.1, 0.15) is 95.5 Å². The van der Waals surface area contributed by atoms with Crippen LogP contribution >= 0.6 is 23.1 Å². The van der Waals surface area contributed by atoms with E-state index >= 15 is 0 Å². The monoisotopic (exact) mass is 553 g/mol. The summed E-state index contributed by atoms with van der Waals surface area (Å²) in [7, 11) is 0. The fourth-order valence-corrected chi connectivity index (χ4v) is 7.20. The first-order valence-electron chi connectivity index (χ1n) is 13.8. The maximum atomic E-state index is 11.8. The minimum atomic E-state index is -1.00. The zero-order valence-electron chi connectivity index (χ0n) is 22.4. The van der Waals surface area contributed by atoms with Crippen LogP contribution in [0.3, 0.4) is 0 Å². The first-order valence-corrected chi connectivity index (χ1v) is 15.7. The average Bonchev–Trinajstić information content (AvgIpc) is 3.49. The van der Waals surface area contributed by atoms with E-state index in [-0.39, 0.29) is 36.1 Å². The van der Waals surface area contributed by atoms with Crippen molar-refractivity contribution in [2.24, 2.45) is 17.8 Å². The van der Waals surface area contributed by atoms with E-state index in [4.69, 9.17) is 19.3 Å². The van der Waals surface area contributed by atoms with Crippen molar-refractivity contribution in [1.82, 2.24) is 4.98 Å². The maximum absolute atomic E-state index is 11.8. The molecule has 0 aromatic carbocycles. The fraction of sp³-hybridized carbons (Fsp3) is 0.750. The van der Waals surface area contributed by atoms with Crippen LogP contribution in [0.25, 0.3) is 0 Å². The third-order valence-electron chi connectivity index (χ3n) is 7.23. The molecule has 2 fully saturated rings. The molecule has 0 spiro atoms. The summed E-state index contributed by atoms with van der Waals surface area (Å²) in [4.78, 5) is 27.1. The molecule has 1 N–H and O–H groups in total. The standard InChI is InChI=1S/C28H43NO6S2/c1-4-5-8-19(2)17-22(35-26-9-6-7-15-33-26)12-10-21-11-13-25(34-20(3)30)23(21)14-16-36-28-29-24(18-37-28)27(31)32/h10,12,18-19,21-23,25-26H,4-9,11,13-17H2,1-3H3,(H,31,32)/t19-,21-,22+,23+,25-,26?/m0/s1. The molecule has 1 unspecified atom stereocenters. The lowest BCUT2D eigenvalue weighted by atomic mass is 9.90. The summed E-state index contributed by atoms with van der Waals surface area (Å²) in [6.07, 6.45) is 14.8. The number of allylic oxidation sites excluding steroid dienone is 1. The Morgan fingerprint density at radius 2 is 2.16 bits per heavy atom. The van der Waals surface area contributed by atoms with Crippen molar-refractivity contribution in [1.29, 1.82) is 0 Å². The molecule has 1 aromatic rings. The molecule has 37 heavy (non-hydrogen) atoms. The van der Waals surface area contributed by atoms with E-state index < -0.39 is 5.97 Å². The number of carbonyl (C=O) groups is 2. The fourth-order valence-electron chi connectivity index (χ4n) is 5.29. The number of aromatic nitrogens is 1. The predicted molar refractivity (Wildman–Crippen MR) is 147 cm³/mol. The normalized spacial score (nSPS) is 25.8. The van der Waals surface area contributed by atoms with Crippen LogP contribution in [0, 0.1) is 17.8 Å². The van der Waals surface area contributed by atoms with E-state index in [1.165, 1.54) is 37.5 Å². The topological polar surface area (TPSA) is 95.0 Å². The van der Waals surface area contributed by atoms with Crippen LogP contribution in [-0.4, -0.2) is 52.9 Å². The van der Waals surface area contributed by atoms with Crippen molar-refractivity contribution >= 4 is 35.0 Å². The predicted octanol–water partition coefficient (Wildman–Crippen LogP) is 6.97. The lowest BCUT2D eigenvalue weighted by Crippen LogP contribution is -2.28. The number of carboxylic acid groups (broad SMARTS) is 1. The molecule has 7 nitrogen and oxygen atoms in total. The largest absolute Gasteiger partial charge is 0.476 e. The molecule has 0 radical (unpaired) electrons. The Balaban J connectivity index is 1.63. The van der Waals surface area contributed by atoms with Crippen molar-refractivity contribution in [2.45, 2.75) is 108 Å². The number of ether oxygens (including phenoxy) is 3. The number of thiazole rings is 1. The highest BCUT2D eigenvalue weighted by atomic mass is 32.2. The number of rotatable bonds is 15. The van der Waals surface area contributed by atoms with E-state index in [0.29, 0.717) is 11.8 Å². The van der Waals surface area contributed by atoms with Gasteiger partial charge in [-0.2, -0.15) is 0 Å². The number of carboxylic acids is 1. The second-order valence-electron chi connectivity index (χ2n) is 10.3. The number of carbonyl (C=O) groups excluding carboxylic acids is 1. The summed E-state index contributed by atoms with van der Waals surface area (Å²) >= 11 is 2.93. The molecule has 1 saturated carbocycles. The number of hydrogen-bond acceptors (Lipinski definition) is 8. The first kappa shape index (κ1) is 30.1. The van der Waals surface area contributed by atoms with Crippen LogP contribution in [0.5, 0.6) is 0 Å². The molecular formula is C28H43NO6S2. The van der Waals surface area contributed by atoms with E-state index in [9.17, 15) is 9.59 Å². The van der Waals surface area contributed by atoms with Gasteiger partial charge < -0.3 is 19.3 Å². The lowest BCUT2D eigenvalue weighted by molar-refractivity contribution is -0.181. The summed E-state index contributed by atoms with van der Waals surface area (Å²) in [5.74, 6) is 0.660. The van der Waals surface area contributed by atoms with Gasteiger partial charge in [0.25, 0.3) is 0 Å². The Hall–Kier alpha value is -1.42. The number of unbranched alkanes of at least 4 members (excludes halogenated alkanes) is 1. The Morgan fingerprint density at radius 1 is 1.32 bits per heavy atom. The average molecular weight is 554 g/mol. The maximum Gasteiger partial charge on any atom is 0.355 e. The van der Waals surface area contributed by atoms with Gasteiger partial charge >= 0.3 is 11.9 Å². The van der Waals surface area contributed by atoms with Crippen molar-refractivity contribution < 1.29 is 28.9 Å². The molecule has 3 rings (SSSR count). The summed E-state index contributed by atoms with van der Waals surface area (Å²) < 4.78 is 18.8. The molecule has 2 heterocycles. The first-order chi connectivity index (χ1) is 17.9. The van der Waals surface area contributed by atoms with Crippen LogP contribution in [-0.2, 0) is 19.0 Å². The molecule has 2 aliphatic rings. The van der Waals surface area contributed by atoms with Crippen molar-refractivity contribution in [3.05, 3.63) is 23.2 Å². The zero-order valence-corrected chi connectivity index (χ0v) is 24.1. The highest BCUT2D eigenvalue weighted by molar-refractivity contribution is 8.01. The molecule has 0 bridgehead atoms. The smallest absolute Gasteiger partial charge is 0.355 e. The minimum absolute atomic E-state index is 0.0162. The Morgan fingerprint density at radius 3 is 2.84 bits per heavy atom. The molecule has 1 saturated heterocycles. The van der Waals surface area contributed by atoms with Gasteiger partial charge in [0.05, 0.1) is 6.10 Å². The molecule has 1 aliphatic heterocycles. The van der Waals surface area contributed by atoms with Crippen molar-refractivity contribution in [2.75, 3.05) is 12.4 Å². The number of esters is 1. The van der Waals surface area contributed by atoms with Crippen LogP contribution in [0.15, 0.2) is 21.9 Å². The summed E-state index contributed by atoms with van der Waals surface area (Å²) in [6.45, 7) is 6.78. The number of hydrogen-bond donors (Lipinski definition) is 1. The van der Waals surface area contributed by atoms with Crippen molar-refractivity contribution in [3.63, 3.8) is 0 Å². The zero-order chi connectivity index (χ0) is 26.6. The summed E-state index contributed by atoms with van der Waals surface area (Å²) in [6, 6.07) is 0. The quantitative estimate of drug-likeness (QED) is 0.141. The lowest BCUT2D eigenvalue weighted by Gasteiger charge is -2.28. The molecule has 1 aliphatic carbocycles. The van der Waals surface area contributed by atoms with Gasteiger partial charge in [0.1, 0.15) is 6.10 Å². The third-order valence-corrected chi connectivity index (χ3v) is 9.29. The second-order valence-corrected chi connectivity index (χ2v) is 12.5.